The average molecular weight is 214 g/mol. The molecular weight excluding hydrogens is 196 g/mol. The maximum absolute atomic E-state index is 5.67. The first-order valence-electron chi connectivity index (χ1n) is 4.87. The summed E-state index contributed by atoms with van der Waals surface area (Å²) < 4.78 is 0. The van der Waals surface area contributed by atoms with Crippen molar-refractivity contribution >= 4 is 16.5 Å². The van der Waals surface area contributed by atoms with E-state index in [2.05, 4.69) is 29.4 Å². The van der Waals surface area contributed by atoms with Gasteiger partial charge in [0.05, 0.1) is 0 Å². The third-order valence-electron chi connectivity index (χ3n) is 2.29. The zero-order chi connectivity index (χ0) is 10.6. The minimum Gasteiger partial charge on any atom is -0.360 e. The molecule has 1 aromatic heterocycles. The number of nitrogens with two attached hydrogens (primary N) is 1. The van der Waals surface area contributed by atoms with E-state index >= 15 is 0 Å². The minimum atomic E-state index is 0.499. The molecule has 1 rings (SSSR count). The van der Waals surface area contributed by atoms with E-state index < -0.39 is 0 Å². The fourth-order valence-electron chi connectivity index (χ4n) is 1.18. The molecule has 1 aromatic rings. The highest BCUT2D eigenvalue weighted by Gasteiger charge is 2.11. The zero-order valence-electron chi connectivity index (χ0n) is 8.95. The lowest BCUT2D eigenvalue weighted by Crippen LogP contribution is -2.27. The molecule has 14 heavy (non-hydrogen) atoms. The molecule has 0 aromatic carbocycles. The Balaban J connectivity index is 2.39. The lowest BCUT2D eigenvalue weighted by atomic mass is 9.96. The first kappa shape index (κ1) is 11.4. The van der Waals surface area contributed by atoms with Crippen molar-refractivity contribution in [3.05, 3.63) is 5.01 Å². The Morgan fingerprint density at radius 3 is 2.57 bits per heavy atom. The van der Waals surface area contributed by atoms with Gasteiger partial charge in [0, 0.05) is 6.54 Å². The minimum absolute atomic E-state index is 0.499. The number of hydrogen-bond acceptors (Lipinski definition) is 5. The third-order valence-corrected chi connectivity index (χ3v) is 3.08. The summed E-state index contributed by atoms with van der Waals surface area (Å²) in [5.41, 5.74) is 5.67. The quantitative estimate of drug-likeness (QED) is 0.779. The van der Waals surface area contributed by atoms with Crippen LogP contribution in [0, 0.1) is 18.8 Å². The monoisotopic (exact) mass is 214 g/mol. The van der Waals surface area contributed by atoms with Gasteiger partial charge >= 0.3 is 0 Å². The van der Waals surface area contributed by atoms with Gasteiger partial charge in [0.25, 0.3) is 0 Å². The molecule has 0 fully saturated rings. The molecule has 0 aliphatic heterocycles. The van der Waals surface area contributed by atoms with Crippen LogP contribution in [0.2, 0.25) is 0 Å². The number of anilines is 1. The van der Waals surface area contributed by atoms with Gasteiger partial charge in [-0.3, -0.25) is 0 Å². The molecule has 0 radical (unpaired) electrons. The van der Waals surface area contributed by atoms with Gasteiger partial charge in [0.15, 0.2) is 0 Å². The van der Waals surface area contributed by atoms with E-state index in [-0.39, 0.29) is 0 Å². The molecule has 0 amide bonds. The average Bonchev–Trinajstić information content (AvgIpc) is 2.52. The molecular formula is C9H18N4S. The molecule has 80 valence electrons. The van der Waals surface area contributed by atoms with Crippen LogP contribution < -0.4 is 11.1 Å². The van der Waals surface area contributed by atoms with Crippen molar-refractivity contribution in [1.82, 2.24) is 10.2 Å². The van der Waals surface area contributed by atoms with Crippen molar-refractivity contribution in [2.75, 3.05) is 18.4 Å². The maximum Gasteiger partial charge on any atom is 0.205 e. The van der Waals surface area contributed by atoms with E-state index in [4.69, 9.17) is 5.73 Å². The lowest BCUT2D eigenvalue weighted by molar-refractivity contribution is 0.413. The molecule has 0 spiro atoms. The van der Waals surface area contributed by atoms with Crippen molar-refractivity contribution < 1.29 is 0 Å². The summed E-state index contributed by atoms with van der Waals surface area (Å²) in [6.45, 7) is 7.91. The molecule has 5 heteroatoms. The van der Waals surface area contributed by atoms with Crippen LogP contribution in [0.5, 0.6) is 0 Å². The summed E-state index contributed by atoms with van der Waals surface area (Å²) in [5, 5.41) is 13.1. The Morgan fingerprint density at radius 1 is 1.43 bits per heavy atom. The van der Waals surface area contributed by atoms with Crippen molar-refractivity contribution in [2.45, 2.75) is 20.8 Å². The SMILES string of the molecule is Cc1nnc(NCC(CN)C(C)C)s1. The van der Waals surface area contributed by atoms with E-state index in [1.54, 1.807) is 11.3 Å². The van der Waals surface area contributed by atoms with Gasteiger partial charge in [-0.2, -0.15) is 0 Å². The Labute approximate surface area is 88.9 Å². The van der Waals surface area contributed by atoms with Crippen molar-refractivity contribution in [3.8, 4) is 0 Å². The van der Waals surface area contributed by atoms with E-state index in [0.29, 0.717) is 18.4 Å². The summed E-state index contributed by atoms with van der Waals surface area (Å²) in [7, 11) is 0. The number of aryl methyl sites for hydroxylation is 1. The van der Waals surface area contributed by atoms with Crippen molar-refractivity contribution in [3.63, 3.8) is 0 Å². The van der Waals surface area contributed by atoms with Crippen LogP contribution in [-0.4, -0.2) is 23.3 Å². The van der Waals surface area contributed by atoms with Gasteiger partial charge in [-0.15, -0.1) is 10.2 Å². The van der Waals surface area contributed by atoms with E-state index in [1.807, 2.05) is 6.92 Å². The highest BCUT2D eigenvalue weighted by molar-refractivity contribution is 7.15. The van der Waals surface area contributed by atoms with Crippen LogP contribution in [0.1, 0.15) is 18.9 Å². The largest absolute Gasteiger partial charge is 0.360 e. The second kappa shape index (κ2) is 5.26. The molecule has 0 aliphatic rings. The molecule has 1 unspecified atom stereocenters. The van der Waals surface area contributed by atoms with Crippen LogP contribution in [0.15, 0.2) is 0 Å². The summed E-state index contributed by atoms with van der Waals surface area (Å²) in [6.07, 6.45) is 0. The van der Waals surface area contributed by atoms with Gasteiger partial charge < -0.3 is 11.1 Å². The number of hydrogen-bond donors (Lipinski definition) is 2. The first-order chi connectivity index (χ1) is 6.63. The number of nitrogens with zero attached hydrogens (tertiary/aromatic N) is 2. The van der Waals surface area contributed by atoms with Crippen LogP contribution >= 0.6 is 11.3 Å². The smallest absolute Gasteiger partial charge is 0.205 e. The fourth-order valence-corrected chi connectivity index (χ4v) is 1.78. The highest BCUT2D eigenvalue weighted by Crippen LogP contribution is 2.16. The van der Waals surface area contributed by atoms with Gasteiger partial charge in [-0.1, -0.05) is 25.2 Å². The Bertz CT molecular complexity index is 272. The van der Waals surface area contributed by atoms with Crippen LogP contribution in [0.4, 0.5) is 5.13 Å². The Morgan fingerprint density at radius 2 is 2.14 bits per heavy atom. The Hall–Kier alpha value is -0.680. The fraction of sp³-hybridized carbons (Fsp3) is 0.778. The lowest BCUT2D eigenvalue weighted by Gasteiger charge is -2.18. The van der Waals surface area contributed by atoms with Gasteiger partial charge in [-0.05, 0) is 25.3 Å². The Kier molecular flexibility index (Phi) is 4.28. The predicted molar refractivity (Wildman–Crippen MR) is 60.5 cm³/mol. The highest BCUT2D eigenvalue weighted by atomic mass is 32.1. The molecule has 0 saturated heterocycles. The molecule has 0 saturated carbocycles. The molecule has 1 atom stereocenters. The third kappa shape index (κ3) is 3.23. The van der Waals surface area contributed by atoms with E-state index in [0.717, 1.165) is 16.7 Å². The van der Waals surface area contributed by atoms with Crippen molar-refractivity contribution in [2.24, 2.45) is 17.6 Å². The summed E-state index contributed by atoms with van der Waals surface area (Å²) in [4.78, 5) is 0. The number of aromatic nitrogens is 2. The van der Waals surface area contributed by atoms with Crippen LogP contribution in [0.3, 0.4) is 0 Å². The first-order valence-corrected chi connectivity index (χ1v) is 5.69. The predicted octanol–water partition coefficient (Wildman–Crippen LogP) is 1.49. The van der Waals surface area contributed by atoms with Crippen molar-refractivity contribution in [1.29, 1.82) is 0 Å². The summed E-state index contributed by atoms with van der Waals surface area (Å²) in [6, 6.07) is 0. The van der Waals surface area contributed by atoms with E-state index in [1.165, 1.54) is 0 Å². The summed E-state index contributed by atoms with van der Waals surface area (Å²) >= 11 is 1.58. The summed E-state index contributed by atoms with van der Waals surface area (Å²) in [5.74, 6) is 1.10. The number of nitrogens with one attached hydrogen (secondary N) is 1. The molecule has 4 nitrogen and oxygen atoms in total. The van der Waals surface area contributed by atoms with Crippen LogP contribution in [0.25, 0.3) is 0 Å². The van der Waals surface area contributed by atoms with Crippen LogP contribution in [-0.2, 0) is 0 Å². The molecule has 3 N–H and O–H groups in total. The maximum atomic E-state index is 5.67. The molecule has 1 heterocycles. The second-order valence-corrected chi connectivity index (χ2v) is 4.93. The molecule has 0 bridgehead atoms. The van der Waals surface area contributed by atoms with Gasteiger partial charge in [-0.25, -0.2) is 0 Å². The standard InChI is InChI=1S/C9H18N4S/c1-6(2)8(4-10)5-11-9-13-12-7(3)14-9/h6,8H,4-5,10H2,1-3H3,(H,11,13). The van der Waals surface area contributed by atoms with Gasteiger partial charge in [0.2, 0.25) is 5.13 Å². The zero-order valence-corrected chi connectivity index (χ0v) is 9.77. The second-order valence-electron chi connectivity index (χ2n) is 3.75. The number of rotatable bonds is 5. The normalized spacial score (nSPS) is 13.2. The molecule has 0 aliphatic carbocycles. The topological polar surface area (TPSA) is 63.8 Å². The van der Waals surface area contributed by atoms with E-state index in [9.17, 15) is 0 Å². The van der Waals surface area contributed by atoms with Gasteiger partial charge in [0.1, 0.15) is 5.01 Å².